The molecule has 168 valence electrons. The smallest absolute Gasteiger partial charge is 0.326 e. The van der Waals surface area contributed by atoms with Crippen LogP contribution in [0, 0.1) is 0 Å². The number of carboxylic acids is 1. The van der Waals surface area contributed by atoms with Gasteiger partial charge in [-0.15, -0.1) is 0 Å². The van der Waals surface area contributed by atoms with E-state index in [4.69, 9.17) is 11.5 Å². The predicted molar refractivity (Wildman–Crippen MR) is 114 cm³/mol. The van der Waals surface area contributed by atoms with Crippen LogP contribution in [0.1, 0.15) is 31.2 Å². The van der Waals surface area contributed by atoms with Crippen molar-refractivity contribution in [3.63, 3.8) is 0 Å². The van der Waals surface area contributed by atoms with Gasteiger partial charge >= 0.3 is 5.97 Å². The van der Waals surface area contributed by atoms with Crippen LogP contribution in [0.2, 0.25) is 0 Å². The number of unbranched alkanes of at least 4 members (excludes halogenated alkanes) is 1. The highest BCUT2D eigenvalue weighted by Gasteiger charge is 2.28. The summed E-state index contributed by atoms with van der Waals surface area (Å²) in [5, 5.41) is 14.4. The Hall–Kier alpha value is -2.21. The number of carboxylic acid groups (broad SMARTS) is 1. The van der Waals surface area contributed by atoms with Crippen LogP contribution in [0.4, 0.5) is 0 Å². The van der Waals surface area contributed by atoms with Crippen LogP contribution in [-0.4, -0.2) is 69.1 Å². The van der Waals surface area contributed by atoms with E-state index >= 15 is 0 Å². The lowest BCUT2D eigenvalue weighted by Gasteiger charge is -2.23. The summed E-state index contributed by atoms with van der Waals surface area (Å²) in [6.07, 6.45) is 6.46. The molecule has 0 aromatic carbocycles. The second kappa shape index (κ2) is 13.9. The molecule has 0 aliphatic carbocycles. The van der Waals surface area contributed by atoms with E-state index in [0.29, 0.717) is 25.8 Å². The van der Waals surface area contributed by atoms with Gasteiger partial charge < -0.3 is 31.8 Å². The highest BCUT2D eigenvalue weighted by atomic mass is 32.2. The molecule has 7 N–H and O–H groups in total. The molecule has 10 nitrogen and oxygen atoms in total. The molecular weight excluding hydrogens is 410 g/mol. The number of amides is 2. The molecule has 11 heteroatoms. The lowest BCUT2D eigenvalue weighted by Crippen LogP contribution is -2.55. The second-order valence-corrected chi connectivity index (χ2v) is 8.54. The number of pyridine rings is 1. The number of nitrogens with two attached hydrogens (primary N) is 2. The maximum Gasteiger partial charge on any atom is 0.326 e. The highest BCUT2D eigenvalue weighted by molar-refractivity contribution is 7.90. The van der Waals surface area contributed by atoms with Gasteiger partial charge in [0.15, 0.2) is 0 Å². The third kappa shape index (κ3) is 10.0. The summed E-state index contributed by atoms with van der Waals surface area (Å²) in [6.45, 7) is 0.433. The molecule has 0 saturated heterocycles. The first-order chi connectivity index (χ1) is 14.2. The van der Waals surface area contributed by atoms with E-state index in [9.17, 15) is 24.0 Å². The average molecular weight is 442 g/mol. The van der Waals surface area contributed by atoms with E-state index < -0.39 is 47.1 Å². The van der Waals surface area contributed by atoms with Gasteiger partial charge in [-0.2, -0.15) is 0 Å². The molecule has 0 bridgehead atoms. The first-order valence-electron chi connectivity index (χ1n) is 9.72. The normalized spacial score (nSPS) is 14.9. The molecule has 1 heterocycles. The van der Waals surface area contributed by atoms with E-state index in [2.05, 4.69) is 15.6 Å². The van der Waals surface area contributed by atoms with Crippen molar-refractivity contribution in [2.75, 3.05) is 18.6 Å². The summed E-state index contributed by atoms with van der Waals surface area (Å²) >= 11 is -1.19. The Bertz CT molecular complexity index is 677. The zero-order valence-electron chi connectivity index (χ0n) is 17.1. The minimum Gasteiger partial charge on any atom is -0.617 e. The fraction of sp³-hybridized carbons (Fsp3) is 0.579. The van der Waals surface area contributed by atoms with Crippen LogP contribution in [0.5, 0.6) is 0 Å². The number of carbonyl (C=O) groups excluding carboxylic acids is 2. The SMILES string of the molecule is C[S+]([O-])CC[C@H](NC(=O)[C@H](CCCCN)NC(=O)[C@@H](N)Cc1cccnc1)C(=O)O. The van der Waals surface area contributed by atoms with Gasteiger partial charge in [0.1, 0.15) is 17.8 Å². The highest BCUT2D eigenvalue weighted by Crippen LogP contribution is 2.06. The molecule has 1 rings (SSSR count). The van der Waals surface area contributed by atoms with E-state index in [0.717, 1.165) is 5.56 Å². The van der Waals surface area contributed by atoms with Gasteiger partial charge in [-0.25, -0.2) is 4.79 Å². The summed E-state index contributed by atoms with van der Waals surface area (Å²) < 4.78 is 11.3. The lowest BCUT2D eigenvalue weighted by molar-refractivity contribution is -0.142. The van der Waals surface area contributed by atoms with Crippen molar-refractivity contribution in [2.45, 2.75) is 50.2 Å². The van der Waals surface area contributed by atoms with Gasteiger partial charge in [0.25, 0.3) is 0 Å². The number of nitrogens with one attached hydrogen (secondary N) is 2. The maximum atomic E-state index is 12.7. The first-order valence-corrected chi connectivity index (χ1v) is 11.5. The third-order valence-corrected chi connectivity index (χ3v) is 5.21. The van der Waals surface area contributed by atoms with Crippen LogP contribution in [0.25, 0.3) is 0 Å². The van der Waals surface area contributed by atoms with Crippen LogP contribution < -0.4 is 22.1 Å². The zero-order chi connectivity index (χ0) is 22.5. The van der Waals surface area contributed by atoms with Crippen molar-refractivity contribution in [1.29, 1.82) is 0 Å². The Morgan fingerprint density at radius 3 is 2.47 bits per heavy atom. The Morgan fingerprint density at radius 2 is 1.90 bits per heavy atom. The summed E-state index contributed by atoms with van der Waals surface area (Å²) in [6, 6.07) is 0.494. The van der Waals surface area contributed by atoms with Gasteiger partial charge in [-0.1, -0.05) is 17.2 Å². The van der Waals surface area contributed by atoms with E-state index in [1.54, 1.807) is 24.5 Å². The Labute approximate surface area is 179 Å². The van der Waals surface area contributed by atoms with E-state index in [1.165, 1.54) is 6.26 Å². The van der Waals surface area contributed by atoms with Crippen LogP contribution in [0.3, 0.4) is 0 Å². The van der Waals surface area contributed by atoms with Gasteiger partial charge in [-0.3, -0.25) is 14.6 Å². The molecule has 0 saturated carbocycles. The molecule has 0 radical (unpaired) electrons. The van der Waals surface area contributed by atoms with Gasteiger partial charge in [-0.05, 0) is 43.9 Å². The van der Waals surface area contributed by atoms with E-state index in [-0.39, 0.29) is 18.6 Å². The van der Waals surface area contributed by atoms with Crippen LogP contribution in [-0.2, 0) is 32.0 Å². The molecule has 2 amide bonds. The number of rotatable bonds is 14. The van der Waals surface area contributed by atoms with E-state index in [1.807, 2.05) is 0 Å². The fourth-order valence-electron chi connectivity index (χ4n) is 2.72. The average Bonchev–Trinajstić information content (AvgIpc) is 2.70. The molecular formula is C19H31N5O5S. The monoisotopic (exact) mass is 441 g/mol. The predicted octanol–water partition coefficient (Wildman–Crippen LogP) is -1.10. The molecule has 0 spiro atoms. The van der Waals surface area contributed by atoms with Gasteiger partial charge in [0.2, 0.25) is 11.8 Å². The number of nitrogens with zero attached hydrogens (tertiary/aromatic N) is 1. The summed E-state index contributed by atoms with van der Waals surface area (Å²) in [5.41, 5.74) is 12.2. The summed E-state index contributed by atoms with van der Waals surface area (Å²) in [4.78, 5) is 40.6. The van der Waals surface area contributed by atoms with Crippen molar-refractivity contribution in [2.24, 2.45) is 11.5 Å². The minimum absolute atomic E-state index is 0.0220. The molecule has 1 unspecified atom stereocenters. The molecule has 1 aromatic rings. The Morgan fingerprint density at radius 1 is 1.20 bits per heavy atom. The topological polar surface area (TPSA) is 183 Å². The van der Waals surface area contributed by atoms with Crippen molar-refractivity contribution >= 4 is 29.0 Å². The van der Waals surface area contributed by atoms with Crippen molar-refractivity contribution in [3.05, 3.63) is 30.1 Å². The van der Waals surface area contributed by atoms with Crippen molar-refractivity contribution in [1.82, 2.24) is 15.6 Å². The third-order valence-electron chi connectivity index (χ3n) is 4.40. The molecule has 0 aliphatic rings. The lowest BCUT2D eigenvalue weighted by atomic mass is 10.0. The number of aliphatic carboxylic acids is 1. The maximum absolute atomic E-state index is 12.7. The molecule has 4 atom stereocenters. The van der Waals surface area contributed by atoms with Crippen LogP contribution in [0.15, 0.2) is 24.5 Å². The van der Waals surface area contributed by atoms with Crippen molar-refractivity contribution in [3.8, 4) is 0 Å². The largest absolute Gasteiger partial charge is 0.617 e. The van der Waals surface area contributed by atoms with Gasteiger partial charge in [0.05, 0.1) is 12.3 Å². The number of hydrogen-bond donors (Lipinski definition) is 5. The number of carbonyl (C=O) groups is 3. The summed E-state index contributed by atoms with van der Waals surface area (Å²) in [7, 11) is 0. The molecule has 1 aromatic heterocycles. The zero-order valence-corrected chi connectivity index (χ0v) is 17.9. The standard InChI is InChI=1S/C19H31N5O5S/c1-30(29)10-7-16(19(27)28)24-18(26)15(6-2-3-8-20)23-17(25)14(21)11-13-5-4-9-22-12-13/h4-5,9,12,14-16H,2-3,6-8,10-11,20-21H2,1H3,(H,23,25)(H,24,26)(H,27,28)/t14-,15-,16-,30?/m0/s1. The molecule has 30 heavy (non-hydrogen) atoms. The minimum atomic E-state index is -1.23. The Balaban J connectivity index is 2.76. The molecule has 0 fully saturated rings. The van der Waals surface area contributed by atoms with Crippen molar-refractivity contribution < 1.29 is 24.0 Å². The van der Waals surface area contributed by atoms with Gasteiger partial charge in [0, 0.05) is 18.8 Å². The quantitative estimate of drug-likeness (QED) is 0.178. The Kier molecular flexibility index (Phi) is 12.0. The fourth-order valence-corrected chi connectivity index (χ4v) is 3.29. The second-order valence-electron chi connectivity index (χ2n) is 6.98. The summed E-state index contributed by atoms with van der Waals surface area (Å²) in [5.74, 6) is -2.23. The number of hydrogen-bond acceptors (Lipinski definition) is 7. The molecule has 0 aliphatic heterocycles. The first kappa shape index (κ1) is 25.8. The number of aromatic nitrogens is 1. The van der Waals surface area contributed by atoms with Crippen LogP contribution >= 0.6 is 0 Å².